The fourth-order valence-electron chi connectivity index (χ4n) is 2.59. The highest BCUT2D eigenvalue weighted by Crippen LogP contribution is 2.17. The Labute approximate surface area is 123 Å². The number of hydrogen-bond donors (Lipinski definition) is 4. The summed E-state index contributed by atoms with van der Waals surface area (Å²) >= 11 is 0. The van der Waals surface area contributed by atoms with Crippen molar-refractivity contribution in [1.82, 2.24) is 20.6 Å². The van der Waals surface area contributed by atoms with Crippen LogP contribution in [-0.4, -0.2) is 46.1 Å². The Kier molecular flexibility index (Phi) is 5.74. The van der Waals surface area contributed by atoms with Gasteiger partial charge in [-0.25, -0.2) is 9.78 Å². The van der Waals surface area contributed by atoms with Gasteiger partial charge >= 0.3 is 5.97 Å². The Balaban J connectivity index is 1.76. The molecule has 1 aromatic rings. The van der Waals surface area contributed by atoms with Crippen molar-refractivity contribution >= 4 is 11.9 Å². The van der Waals surface area contributed by atoms with Crippen LogP contribution in [0.5, 0.6) is 0 Å². The molecule has 0 bridgehead atoms. The number of nitrogens with one attached hydrogen (secondary N) is 3. The molecule has 0 spiro atoms. The fraction of sp³-hybridized carbons (Fsp3) is 0.643. The van der Waals surface area contributed by atoms with Gasteiger partial charge in [0, 0.05) is 24.7 Å². The van der Waals surface area contributed by atoms with E-state index in [-0.39, 0.29) is 12.3 Å². The maximum Gasteiger partial charge on any atom is 0.326 e. The Bertz CT molecular complexity index is 455. The highest BCUT2D eigenvalue weighted by atomic mass is 16.4. The number of H-pyrrole nitrogens is 1. The summed E-state index contributed by atoms with van der Waals surface area (Å²) in [7, 11) is 0. The summed E-state index contributed by atoms with van der Waals surface area (Å²) in [5, 5.41) is 15.1. The van der Waals surface area contributed by atoms with E-state index in [1.54, 1.807) is 6.20 Å². The van der Waals surface area contributed by atoms with Crippen LogP contribution in [0.1, 0.15) is 31.4 Å². The summed E-state index contributed by atoms with van der Waals surface area (Å²) in [6, 6.07) is -0.911. The zero-order valence-electron chi connectivity index (χ0n) is 12.0. The minimum absolute atomic E-state index is 0.194. The van der Waals surface area contributed by atoms with Gasteiger partial charge in [0.2, 0.25) is 5.91 Å². The number of amides is 1. The van der Waals surface area contributed by atoms with Crippen LogP contribution >= 0.6 is 0 Å². The number of aliphatic carboxylic acids is 1. The van der Waals surface area contributed by atoms with Crippen molar-refractivity contribution in [2.45, 2.75) is 38.1 Å². The molecule has 116 valence electrons. The van der Waals surface area contributed by atoms with Gasteiger partial charge in [0.1, 0.15) is 6.04 Å². The number of imidazole rings is 1. The average molecular weight is 294 g/mol. The summed E-state index contributed by atoms with van der Waals surface area (Å²) in [5.41, 5.74) is 0.695. The average Bonchev–Trinajstić information content (AvgIpc) is 2.98. The third kappa shape index (κ3) is 5.18. The van der Waals surface area contributed by atoms with Gasteiger partial charge in [-0.2, -0.15) is 0 Å². The van der Waals surface area contributed by atoms with E-state index in [2.05, 4.69) is 20.6 Å². The molecule has 7 nitrogen and oxygen atoms in total. The van der Waals surface area contributed by atoms with Crippen molar-refractivity contribution in [1.29, 1.82) is 0 Å². The van der Waals surface area contributed by atoms with Crippen LogP contribution in [0.25, 0.3) is 0 Å². The lowest BCUT2D eigenvalue weighted by Gasteiger charge is -2.22. The largest absolute Gasteiger partial charge is 0.480 e. The minimum Gasteiger partial charge on any atom is -0.480 e. The van der Waals surface area contributed by atoms with Crippen molar-refractivity contribution < 1.29 is 14.7 Å². The number of hydrogen-bond acceptors (Lipinski definition) is 4. The van der Waals surface area contributed by atoms with Gasteiger partial charge < -0.3 is 20.7 Å². The number of rotatable bonds is 7. The Morgan fingerprint density at radius 2 is 2.19 bits per heavy atom. The van der Waals surface area contributed by atoms with Crippen LogP contribution in [0.2, 0.25) is 0 Å². The lowest BCUT2D eigenvalue weighted by Crippen LogP contribution is -2.42. The third-order valence-corrected chi connectivity index (χ3v) is 3.85. The molecule has 0 radical (unpaired) electrons. The number of piperidine rings is 1. The Hall–Kier alpha value is -1.89. The summed E-state index contributed by atoms with van der Waals surface area (Å²) in [5.74, 6) is -0.659. The predicted molar refractivity (Wildman–Crippen MR) is 76.7 cm³/mol. The zero-order valence-corrected chi connectivity index (χ0v) is 12.0. The number of carbonyl (C=O) groups is 2. The molecule has 1 saturated heterocycles. The second kappa shape index (κ2) is 7.78. The van der Waals surface area contributed by atoms with Gasteiger partial charge in [0.05, 0.1) is 6.33 Å². The highest BCUT2D eigenvalue weighted by Gasteiger charge is 2.22. The van der Waals surface area contributed by atoms with E-state index in [1.807, 2.05) is 0 Å². The van der Waals surface area contributed by atoms with Gasteiger partial charge in [-0.15, -0.1) is 0 Å². The van der Waals surface area contributed by atoms with Crippen LogP contribution in [0.3, 0.4) is 0 Å². The normalized spacial score (nSPS) is 17.3. The van der Waals surface area contributed by atoms with E-state index in [0.29, 0.717) is 18.0 Å². The molecular formula is C14H22N4O3. The van der Waals surface area contributed by atoms with Crippen molar-refractivity contribution in [2.24, 2.45) is 5.92 Å². The minimum atomic E-state index is -1.03. The molecule has 1 aromatic heterocycles. The lowest BCUT2D eigenvalue weighted by atomic mass is 9.93. The maximum atomic E-state index is 11.9. The number of carboxylic acid groups (broad SMARTS) is 1. The second-order valence-corrected chi connectivity index (χ2v) is 5.47. The molecule has 1 unspecified atom stereocenters. The lowest BCUT2D eigenvalue weighted by molar-refractivity contribution is -0.141. The third-order valence-electron chi connectivity index (χ3n) is 3.85. The maximum absolute atomic E-state index is 11.9. The van der Waals surface area contributed by atoms with Gasteiger partial charge in [0.25, 0.3) is 0 Å². The summed E-state index contributed by atoms with van der Waals surface area (Å²) < 4.78 is 0. The van der Waals surface area contributed by atoms with Crippen molar-refractivity contribution in [3.8, 4) is 0 Å². The molecule has 2 rings (SSSR count). The number of carboxylic acids is 1. The smallest absolute Gasteiger partial charge is 0.326 e. The zero-order chi connectivity index (χ0) is 15.1. The van der Waals surface area contributed by atoms with Crippen molar-refractivity contribution in [3.63, 3.8) is 0 Å². The van der Waals surface area contributed by atoms with Crippen LogP contribution in [0.15, 0.2) is 12.5 Å². The van der Waals surface area contributed by atoms with Crippen molar-refractivity contribution in [3.05, 3.63) is 18.2 Å². The molecule has 1 fully saturated rings. The monoisotopic (exact) mass is 294 g/mol. The van der Waals surface area contributed by atoms with E-state index < -0.39 is 12.0 Å². The molecule has 7 heteroatoms. The molecule has 0 saturated carbocycles. The van der Waals surface area contributed by atoms with E-state index in [1.165, 1.54) is 6.33 Å². The summed E-state index contributed by atoms with van der Waals surface area (Å²) in [6.45, 7) is 2.01. The van der Waals surface area contributed by atoms with Crippen LogP contribution < -0.4 is 10.6 Å². The van der Waals surface area contributed by atoms with Crippen molar-refractivity contribution in [2.75, 3.05) is 13.1 Å². The first-order chi connectivity index (χ1) is 10.1. The summed E-state index contributed by atoms with van der Waals surface area (Å²) in [6.07, 6.45) is 6.66. The standard InChI is InChI=1S/C14H22N4O3/c19-13(2-1-10-3-5-15-6-4-10)18-12(14(20)21)7-11-8-16-9-17-11/h8-10,12,15H,1-7H2,(H,16,17)(H,18,19)(H,20,21). The Morgan fingerprint density at radius 1 is 1.43 bits per heavy atom. The molecular weight excluding hydrogens is 272 g/mol. The summed E-state index contributed by atoms with van der Waals surface area (Å²) in [4.78, 5) is 29.8. The molecule has 0 aliphatic carbocycles. The molecule has 1 aliphatic heterocycles. The first-order valence-corrected chi connectivity index (χ1v) is 7.35. The van der Waals surface area contributed by atoms with E-state index in [0.717, 1.165) is 32.4 Å². The van der Waals surface area contributed by atoms with Gasteiger partial charge in [-0.1, -0.05) is 0 Å². The van der Waals surface area contributed by atoms with E-state index in [4.69, 9.17) is 0 Å². The Morgan fingerprint density at radius 3 is 2.81 bits per heavy atom. The van der Waals surface area contributed by atoms with Gasteiger partial charge in [0.15, 0.2) is 0 Å². The molecule has 1 amide bonds. The quantitative estimate of drug-likeness (QED) is 0.578. The SMILES string of the molecule is O=C(CCC1CCNCC1)NC(Cc1cnc[nH]1)C(=O)O. The molecule has 0 aromatic carbocycles. The van der Waals surface area contributed by atoms with Gasteiger partial charge in [-0.05, 0) is 38.3 Å². The van der Waals surface area contributed by atoms with E-state index >= 15 is 0 Å². The second-order valence-electron chi connectivity index (χ2n) is 5.47. The van der Waals surface area contributed by atoms with Crippen LogP contribution in [0.4, 0.5) is 0 Å². The molecule has 1 aliphatic rings. The van der Waals surface area contributed by atoms with Crippen LogP contribution in [-0.2, 0) is 16.0 Å². The number of aromatic amines is 1. The van der Waals surface area contributed by atoms with E-state index in [9.17, 15) is 14.7 Å². The topological polar surface area (TPSA) is 107 Å². The molecule has 1 atom stereocenters. The predicted octanol–water partition coefficient (Wildman–Crippen LogP) is 0.301. The molecule has 4 N–H and O–H groups in total. The number of carbonyl (C=O) groups excluding carboxylic acids is 1. The first-order valence-electron chi connectivity index (χ1n) is 7.35. The molecule has 21 heavy (non-hydrogen) atoms. The van der Waals surface area contributed by atoms with Gasteiger partial charge in [-0.3, -0.25) is 4.79 Å². The molecule has 2 heterocycles. The number of nitrogens with zero attached hydrogens (tertiary/aromatic N) is 1. The highest BCUT2D eigenvalue weighted by molar-refractivity contribution is 5.83. The first kappa shape index (κ1) is 15.5. The van der Waals surface area contributed by atoms with Crippen LogP contribution in [0, 0.1) is 5.92 Å². The fourth-order valence-corrected chi connectivity index (χ4v) is 2.59. The number of aromatic nitrogens is 2.